The highest BCUT2D eigenvalue weighted by atomic mass is 16.3. The zero-order valence-corrected chi connectivity index (χ0v) is 18.1. The van der Waals surface area contributed by atoms with Crippen LogP contribution in [0.25, 0.3) is 0 Å². The summed E-state index contributed by atoms with van der Waals surface area (Å²) in [5.41, 5.74) is 5.91. The first kappa shape index (κ1) is 20.5. The van der Waals surface area contributed by atoms with Gasteiger partial charge in [0.1, 0.15) is 0 Å². The molecule has 0 bridgehead atoms. The molecule has 1 unspecified atom stereocenters. The van der Waals surface area contributed by atoms with Crippen molar-refractivity contribution in [2.24, 2.45) is 0 Å². The molecule has 2 N–H and O–H groups in total. The Labute approximate surface area is 184 Å². The van der Waals surface area contributed by atoms with E-state index in [4.69, 9.17) is 0 Å². The number of nitrogens with zero attached hydrogens (tertiary/aromatic N) is 3. The molecule has 3 heterocycles. The molecule has 5 rings (SSSR count). The summed E-state index contributed by atoms with van der Waals surface area (Å²) in [7, 11) is 0. The molecule has 3 aliphatic heterocycles. The number of aliphatic hydroxyl groups excluding tert-OH is 1. The van der Waals surface area contributed by atoms with Gasteiger partial charge in [-0.1, -0.05) is 24.3 Å². The fourth-order valence-electron chi connectivity index (χ4n) is 5.14. The van der Waals surface area contributed by atoms with E-state index < -0.39 is 6.10 Å². The third-order valence-corrected chi connectivity index (χ3v) is 6.85. The maximum absolute atomic E-state index is 13.1. The Balaban J connectivity index is 1.19. The summed E-state index contributed by atoms with van der Waals surface area (Å²) >= 11 is 0. The predicted molar refractivity (Wildman–Crippen MR) is 123 cm³/mol. The average molecular weight is 421 g/mol. The molecule has 2 aromatic rings. The second kappa shape index (κ2) is 8.99. The Morgan fingerprint density at radius 1 is 0.903 bits per heavy atom. The van der Waals surface area contributed by atoms with Crippen LogP contribution in [0.5, 0.6) is 0 Å². The fraction of sp³-hybridized carbons (Fsp3) is 0.480. The molecule has 1 atom stereocenters. The number of hydrogen-bond acceptors (Lipinski definition) is 5. The van der Waals surface area contributed by atoms with Gasteiger partial charge >= 0.3 is 0 Å². The summed E-state index contributed by atoms with van der Waals surface area (Å²) in [5.74, 6) is 0.0520. The van der Waals surface area contributed by atoms with Gasteiger partial charge in [0.25, 0.3) is 5.91 Å². The summed E-state index contributed by atoms with van der Waals surface area (Å²) in [6.07, 6.45) is 1.34. The number of nitrogens with one attached hydrogen (secondary N) is 1. The summed E-state index contributed by atoms with van der Waals surface area (Å²) in [5, 5.41) is 14.1. The standard InChI is InChI=1S/C25H32N4O2/c30-23(17-27-11-7-19-3-1-2-4-21(19)16-27)18-29-12-8-20-15-22(5-6-24(20)25(29)31)28-13-9-26-10-14-28/h1-6,15,23,26,30H,7-14,16-18H2. The van der Waals surface area contributed by atoms with Gasteiger partial charge in [0.2, 0.25) is 0 Å². The monoisotopic (exact) mass is 420 g/mol. The van der Waals surface area contributed by atoms with Crippen LogP contribution in [0.4, 0.5) is 5.69 Å². The number of rotatable bonds is 5. The van der Waals surface area contributed by atoms with Crippen LogP contribution in [0.2, 0.25) is 0 Å². The number of carbonyl (C=O) groups is 1. The van der Waals surface area contributed by atoms with Crippen LogP contribution in [0.1, 0.15) is 27.0 Å². The SMILES string of the molecule is O=C1c2ccc(N3CCNCC3)cc2CCN1CC(O)CN1CCc2ccccc2C1. The molecule has 1 amide bonds. The Hall–Kier alpha value is -2.41. The van der Waals surface area contributed by atoms with Crippen molar-refractivity contribution in [2.75, 3.05) is 57.3 Å². The van der Waals surface area contributed by atoms with E-state index in [1.165, 1.54) is 16.8 Å². The predicted octanol–water partition coefficient (Wildman–Crippen LogP) is 1.51. The zero-order valence-electron chi connectivity index (χ0n) is 18.1. The lowest BCUT2D eigenvalue weighted by Crippen LogP contribution is -2.46. The number of amides is 1. The summed E-state index contributed by atoms with van der Waals surface area (Å²) in [6.45, 7) is 7.53. The Morgan fingerprint density at radius 3 is 2.52 bits per heavy atom. The maximum Gasteiger partial charge on any atom is 0.254 e. The smallest absolute Gasteiger partial charge is 0.254 e. The lowest BCUT2D eigenvalue weighted by molar-refractivity contribution is 0.0493. The molecule has 0 radical (unpaired) electrons. The lowest BCUT2D eigenvalue weighted by Gasteiger charge is -2.35. The Morgan fingerprint density at radius 2 is 1.68 bits per heavy atom. The van der Waals surface area contributed by atoms with Gasteiger partial charge in [0.05, 0.1) is 6.10 Å². The molecule has 1 fully saturated rings. The molecule has 6 nitrogen and oxygen atoms in total. The summed E-state index contributed by atoms with van der Waals surface area (Å²) in [6, 6.07) is 14.8. The molecule has 164 valence electrons. The first-order chi connectivity index (χ1) is 15.2. The van der Waals surface area contributed by atoms with Gasteiger partial charge in [-0.15, -0.1) is 0 Å². The number of piperazine rings is 1. The number of carbonyl (C=O) groups excluding carboxylic acids is 1. The van der Waals surface area contributed by atoms with Crippen molar-refractivity contribution in [2.45, 2.75) is 25.5 Å². The highest BCUT2D eigenvalue weighted by Crippen LogP contribution is 2.25. The van der Waals surface area contributed by atoms with E-state index in [9.17, 15) is 9.90 Å². The van der Waals surface area contributed by atoms with Crippen LogP contribution in [-0.2, 0) is 19.4 Å². The van der Waals surface area contributed by atoms with Crippen molar-refractivity contribution in [1.82, 2.24) is 15.1 Å². The molecule has 2 aromatic carbocycles. The van der Waals surface area contributed by atoms with E-state index in [2.05, 4.69) is 51.5 Å². The van der Waals surface area contributed by atoms with E-state index in [0.29, 0.717) is 19.6 Å². The number of benzene rings is 2. The number of fused-ring (bicyclic) bond motifs is 2. The highest BCUT2D eigenvalue weighted by Gasteiger charge is 2.28. The third-order valence-electron chi connectivity index (χ3n) is 6.85. The van der Waals surface area contributed by atoms with Crippen molar-refractivity contribution in [3.05, 3.63) is 64.7 Å². The summed E-state index contributed by atoms with van der Waals surface area (Å²) in [4.78, 5) is 19.6. The van der Waals surface area contributed by atoms with E-state index in [1.54, 1.807) is 0 Å². The third kappa shape index (κ3) is 4.47. The molecular weight excluding hydrogens is 388 g/mol. The Kier molecular flexibility index (Phi) is 5.94. The van der Waals surface area contributed by atoms with Gasteiger partial charge in [-0.05, 0) is 47.7 Å². The quantitative estimate of drug-likeness (QED) is 0.768. The minimum absolute atomic E-state index is 0.0520. The van der Waals surface area contributed by atoms with Crippen LogP contribution in [0, 0.1) is 0 Å². The number of anilines is 1. The molecule has 0 aromatic heterocycles. The molecule has 0 spiro atoms. The van der Waals surface area contributed by atoms with Crippen molar-refractivity contribution >= 4 is 11.6 Å². The van der Waals surface area contributed by atoms with Gasteiger partial charge in [-0.3, -0.25) is 9.69 Å². The van der Waals surface area contributed by atoms with E-state index in [-0.39, 0.29) is 5.91 Å². The molecular formula is C25H32N4O2. The number of hydrogen-bond donors (Lipinski definition) is 2. The molecule has 3 aliphatic rings. The van der Waals surface area contributed by atoms with Crippen LogP contribution in [0.15, 0.2) is 42.5 Å². The van der Waals surface area contributed by atoms with E-state index in [0.717, 1.165) is 63.2 Å². The first-order valence-electron chi connectivity index (χ1n) is 11.5. The minimum Gasteiger partial charge on any atom is -0.390 e. The van der Waals surface area contributed by atoms with Crippen LogP contribution >= 0.6 is 0 Å². The Bertz CT molecular complexity index is 941. The van der Waals surface area contributed by atoms with E-state index >= 15 is 0 Å². The van der Waals surface area contributed by atoms with Crippen LogP contribution in [-0.4, -0.2) is 79.3 Å². The minimum atomic E-state index is -0.532. The maximum atomic E-state index is 13.1. The van der Waals surface area contributed by atoms with Gasteiger partial charge in [-0.2, -0.15) is 0 Å². The molecule has 0 saturated carbocycles. The molecule has 0 aliphatic carbocycles. The van der Waals surface area contributed by atoms with Crippen LogP contribution in [0.3, 0.4) is 0 Å². The topological polar surface area (TPSA) is 59.1 Å². The fourth-order valence-corrected chi connectivity index (χ4v) is 5.14. The van der Waals surface area contributed by atoms with Crippen molar-refractivity contribution in [3.63, 3.8) is 0 Å². The normalized spacial score (nSPS) is 20.4. The van der Waals surface area contributed by atoms with Crippen molar-refractivity contribution in [3.8, 4) is 0 Å². The van der Waals surface area contributed by atoms with Crippen molar-refractivity contribution < 1.29 is 9.90 Å². The van der Waals surface area contributed by atoms with Gasteiger partial charge in [0.15, 0.2) is 0 Å². The van der Waals surface area contributed by atoms with Gasteiger partial charge in [-0.25, -0.2) is 0 Å². The van der Waals surface area contributed by atoms with Crippen LogP contribution < -0.4 is 10.2 Å². The second-order valence-corrected chi connectivity index (χ2v) is 8.99. The number of β-amino-alcohol motifs (C(OH)–C–C–N with tert-alkyl or cyclic N) is 1. The second-order valence-electron chi connectivity index (χ2n) is 8.99. The van der Waals surface area contributed by atoms with E-state index in [1.807, 2.05) is 11.0 Å². The average Bonchev–Trinajstić information content (AvgIpc) is 2.81. The number of aliphatic hydroxyl groups is 1. The lowest BCUT2D eigenvalue weighted by atomic mass is 9.97. The zero-order chi connectivity index (χ0) is 21.2. The highest BCUT2D eigenvalue weighted by molar-refractivity contribution is 5.97. The molecule has 31 heavy (non-hydrogen) atoms. The van der Waals surface area contributed by atoms with Gasteiger partial charge < -0.3 is 20.2 Å². The molecule has 6 heteroatoms. The first-order valence-corrected chi connectivity index (χ1v) is 11.5. The molecule has 1 saturated heterocycles. The summed E-state index contributed by atoms with van der Waals surface area (Å²) < 4.78 is 0. The van der Waals surface area contributed by atoms with Crippen molar-refractivity contribution in [1.29, 1.82) is 0 Å². The van der Waals surface area contributed by atoms with Gasteiger partial charge in [0, 0.05) is 70.2 Å². The largest absolute Gasteiger partial charge is 0.390 e.